The van der Waals surface area contributed by atoms with Crippen molar-refractivity contribution in [3.05, 3.63) is 54.4 Å². The minimum Gasteiger partial charge on any atom is -0.406 e. The standard InChI is InChI=1S/C19H20F3N3O2/c20-19(21,22)27-17-7-1-4-14(11-17)10-15-5-3-9-25(13-15)18(26)24-16-6-2-8-23-12-16/h1-2,4,6-8,11-12,15H,3,5,9-10,13H2,(H,24,26). The Hall–Kier alpha value is -2.77. The van der Waals surface area contributed by atoms with Gasteiger partial charge in [0.15, 0.2) is 0 Å². The van der Waals surface area contributed by atoms with Gasteiger partial charge in [-0.1, -0.05) is 12.1 Å². The predicted molar refractivity (Wildman–Crippen MR) is 94.4 cm³/mol. The number of nitrogens with zero attached hydrogens (tertiary/aromatic N) is 2. The fourth-order valence-electron chi connectivity index (χ4n) is 3.26. The van der Waals surface area contributed by atoms with E-state index in [2.05, 4.69) is 15.0 Å². The number of urea groups is 1. The highest BCUT2D eigenvalue weighted by molar-refractivity contribution is 5.89. The summed E-state index contributed by atoms with van der Waals surface area (Å²) in [6.45, 7) is 1.20. The zero-order valence-corrected chi connectivity index (χ0v) is 14.6. The molecule has 1 saturated heterocycles. The zero-order valence-electron chi connectivity index (χ0n) is 14.6. The van der Waals surface area contributed by atoms with Crippen molar-refractivity contribution in [2.75, 3.05) is 18.4 Å². The maximum atomic E-state index is 12.4. The van der Waals surface area contributed by atoms with Crippen LogP contribution in [-0.2, 0) is 6.42 Å². The van der Waals surface area contributed by atoms with Crippen LogP contribution in [0.2, 0.25) is 0 Å². The van der Waals surface area contributed by atoms with Crippen LogP contribution in [-0.4, -0.2) is 35.4 Å². The Bertz CT molecular complexity index is 768. The Kier molecular flexibility index (Phi) is 5.83. The van der Waals surface area contributed by atoms with Crippen molar-refractivity contribution >= 4 is 11.7 Å². The van der Waals surface area contributed by atoms with E-state index in [1.807, 2.05) is 0 Å². The second-order valence-electron chi connectivity index (χ2n) is 6.53. The first kappa shape index (κ1) is 19.0. The lowest BCUT2D eigenvalue weighted by Crippen LogP contribution is -2.42. The molecule has 3 rings (SSSR count). The Labute approximate surface area is 155 Å². The van der Waals surface area contributed by atoms with Crippen LogP contribution in [0.3, 0.4) is 0 Å². The summed E-state index contributed by atoms with van der Waals surface area (Å²) in [5.41, 5.74) is 1.39. The summed E-state index contributed by atoms with van der Waals surface area (Å²) in [5, 5.41) is 2.81. The highest BCUT2D eigenvalue weighted by Crippen LogP contribution is 2.26. The van der Waals surface area contributed by atoms with E-state index in [1.54, 1.807) is 41.6 Å². The van der Waals surface area contributed by atoms with E-state index < -0.39 is 6.36 Å². The minimum absolute atomic E-state index is 0.180. The first-order valence-electron chi connectivity index (χ1n) is 8.70. The lowest BCUT2D eigenvalue weighted by Gasteiger charge is -2.33. The zero-order chi connectivity index (χ0) is 19.3. The second-order valence-corrected chi connectivity index (χ2v) is 6.53. The normalized spacial score (nSPS) is 17.4. The van der Waals surface area contributed by atoms with E-state index in [4.69, 9.17) is 0 Å². The van der Waals surface area contributed by atoms with Crippen LogP contribution in [0.4, 0.5) is 23.7 Å². The van der Waals surface area contributed by atoms with E-state index in [0.29, 0.717) is 25.2 Å². The van der Waals surface area contributed by atoms with Gasteiger partial charge in [0.25, 0.3) is 0 Å². The summed E-state index contributed by atoms with van der Waals surface area (Å²) in [4.78, 5) is 18.1. The molecule has 1 N–H and O–H groups in total. The number of benzene rings is 1. The molecule has 1 aliphatic rings. The maximum Gasteiger partial charge on any atom is 0.573 e. The number of alkyl halides is 3. The van der Waals surface area contributed by atoms with Gasteiger partial charge >= 0.3 is 12.4 Å². The largest absolute Gasteiger partial charge is 0.573 e. The number of pyridine rings is 1. The molecule has 1 fully saturated rings. The summed E-state index contributed by atoms with van der Waals surface area (Å²) in [7, 11) is 0. The molecule has 0 bridgehead atoms. The Morgan fingerprint density at radius 2 is 2.15 bits per heavy atom. The molecule has 1 aromatic carbocycles. The van der Waals surface area contributed by atoms with Crippen LogP contribution < -0.4 is 10.1 Å². The Balaban J connectivity index is 1.58. The lowest BCUT2D eigenvalue weighted by molar-refractivity contribution is -0.274. The predicted octanol–water partition coefficient (Wildman–Crippen LogP) is 4.47. The van der Waals surface area contributed by atoms with E-state index >= 15 is 0 Å². The number of ether oxygens (including phenoxy) is 1. The number of likely N-dealkylation sites (tertiary alicyclic amines) is 1. The highest BCUT2D eigenvalue weighted by Gasteiger charge is 2.31. The molecular weight excluding hydrogens is 359 g/mol. The van der Waals surface area contributed by atoms with Gasteiger partial charge in [-0.3, -0.25) is 4.98 Å². The number of nitrogens with one attached hydrogen (secondary N) is 1. The molecule has 1 atom stereocenters. The molecule has 0 spiro atoms. The number of amides is 2. The summed E-state index contributed by atoms with van der Waals surface area (Å²) in [6, 6.07) is 9.32. The fourth-order valence-corrected chi connectivity index (χ4v) is 3.26. The number of piperidine rings is 1. The number of anilines is 1. The van der Waals surface area contributed by atoms with E-state index in [9.17, 15) is 18.0 Å². The molecule has 2 aromatic rings. The first-order chi connectivity index (χ1) is 12.9. The number of halogens is 3. The molecule has 27 heavy (non-hydrogen) atoms. The molecule has 0 saturated carbocycles. The summed E-state index contributed by atoms with van der Waals surface area (Å²) < 4.78 is 41.1. The quantitative estimate of drug-likeness (QED) is 0.853. The number of hydrogen-bond acceptors (Lipinski definition) is 3. The van der Waals surface area contributed by atoms with Crippen molar-refractivity contribution in [1.82, 2.24) is 9.88 Å². The Morgan fingerprint density at radius 3 is 2.89 bits per heavy atom. The smallest absolute Gasteiger partial charge is 0.406 e. The third-order valence-electron chi connectivity index (χ3n) is 4.38. The number of rotatable bonds is 4. The van der Waals surface area contributed by atoms with Gasteiger partial charge in [-0.05, 0) is 55.0 Å². The monoisotopic (exact) mass is 379 g/mol. The van der Waals surface area contributed by atoms with Gasteiger partial charge in [-0.15, -0.1) is 13.2 Å². The molecule has 144 valence electrons. The van der Waals surface area contributed by atoms with E-state index in [-0.39, 0.29) is 17.7 Å². The molecule has 2 heterocycles. The Morgan fingerprint density at radius 1 is 1.30 bits per heavy atom. The molecule has 0 aliphatic carbocycles. The molecule has 2 amide bonds. The van der Waals surface area contributed by atoms with Crippen LogP contribution in [0.15, 0.2) is 48.8 Å². The molecule has 0 radical (unpaired) electrons. The lowest BCUT2D eigenvalue weighted by atomic mass is 9.91. The molecule has 1 aromatic heterocycles. The summed E-state index contributed by atoms with van der Waals surface area (Å²) in [6.07, 6.45) is 0.857. The highest BCUT2D eigenvalue weighted by atomic mass is 19.4. The third kappa shape index (κ3) is 5.87. The molecule has 5 nitrogen and oxygen atoms in total. The number of carbonyl (C=O) groups excluding carboxylic acids is 1. The topological polar surface area (TPSA) is 54.5 Å². The first-order valence-corrected chi connectivity index (χ1v) is 8.70. The van der Waals surface area contributed by atoms with Gasteiger partial charge < -0.3 is 15.0 Å². The van der Waals surface area contributed by atoms with Crippen LogP contribution in [0.1, 0.15) is 18.4 Å². The molecule has 1 aliphatic heterocycles. The number of hydrogen-bond donors (Lipinski definition) is 1. The van der Waals surface area contributed by atoms with E-state index in [1.165, 1.54) is 12.1 Å². The van der Waals surface area contributed by atoms with Crippen molar-refractivity contribution in [2.24, 2.45) is 5.92 Å². The number of carbonyl (C=O) groups is 1. The summed E-state index contributed by atoms with van der Waals surface area (Å²) >= 11 is 0. The van der Waals surface area contributed by atoms with E-state index in [0.717, 1.165) is 18.4 Å². The van der Waals surface area contributed by atoms with Crippen molar-refractivity contribution in [3.63, 3.8) is 0 Å². The van der Waals surface area contributed by atoms with Crippen molar-refractivity contribution in [1.29, 1.82) is 0 Å². The second kappa shape index (κ2) is 8.28. The van der Waals surface area contributed by atoms with Crippen molar-refractivity contribution in [2.45, 2.75) is 25.6 Å². The molecule has 8 heteroatoms. The van der Waals surface area contributed by atoms with Gasteiger partial charge in [0, 0.05) is 19.3 Å². The van der Waals surface area contributed by atoms with Gasteiger partial charge in [0.1, 0.15) is 5.75 Å². The molecule has 1 unspecified atom stereocenters. The number of aromatic nitrogens is 1. The average Bonchev–Trinajstić information content (AvgIpc) is 2.62. The summed E-state index contributed by atoms with van der Waals surface area (Å²) in [5.74, 6) is -0.0403. The van der Waals surface area contributed by atoms with Gasteiger partial charge in [0.2, 0.25) is 0 Å². The minimum atomic E-state index is -4.70. The van der Waals surface area contributed by atoms with Crippen LogP contribution >= 0.6 is 0 Å². The van der Waals surface area contributed by atoms with Gasteiger partial charge in [0.05, 0.1) is 11.9 Å². The van der Waals surface area contributed by atoms with Crippen molar-refractivity contribution in [3.8, 4) is 5.75 Å². The van der Waals surface area contributed by atoms with Gasteiger partial charge in [-0.2, -0.15) is 0 Å². The van der Waals surface area contributed by atoms with Crippen molar-refractivity contribution < 1.29 is 22.7 Å². The van der Waals surface area contributed by atoms with Crippen LogP contribution in [0.5, 0.6) is 5.75 Å². The van der Waals surface area contributed by atoms with Gasteiger partial charge in [-0.25, -0.2) is 4.79 Å². The molecular formula is C19H20F3N3O2. The van der Waals surface area contributed by atoms with Crippen LogP contribution in [0.25, 0.3) is 0 Å². The maximum absolute atomic E-state index is 12.4. The SMILES string of the molecule is O=C(Nc1cccnc1)N1CCCC(Cc2cccc(OC(F)(F)F)c2)C1. The van der Waals surface area contributed by atoms with Crippen LogP contribution in [0, 0.1) is 5.92 Å². The fraction of sp³-hybridized carbons (Fsp3) is 0.368. The average molecular weight is 379 g/mol. The third-order valence-corrected chi connectivity index (χ3v) is 4.38.